The van der Waals surface area contributed by atoms with E-state index in [1.54, 1.807) is 0 Å². The minimum Gasteiger partial charge on any atom is -0.384 e. The van der Waals surface area contributed by atoms with Crippen LogP contribution >= 0.6 is 0 Å². The zero-order valence-electron chi connectivity index (χ0n) is 8.33. The minimum absolute atomic E-state index is 0.130. The first-order valence-corrected chi connectivity index (χ1v) is 4.86. The van der Waals surface area contributed by atoms with Crippen molar-refractivity contribution >= 4 is 11.5 Å². The normalized spacial score (nSPS) is 15.2. The van der Waals surface area contributed by atoms with Crippen LogP contribution in [-0.2, 0) is 0 Å². The predicted molar refractivity (Wildman–Crippen MR) is 58.9 cm³/mol. The molecule has 74 valence electrons. The number of hydrogen-bond acceptors (Lipinski definition) is 2. The lowest BCUT2D eigenvalue weighted by molar-refractivity contribution is 0.917. The molecule has 0 saturated heterocycles. The van der Waals surface area contributed by atoms with Crippen molar-refractivity contribution in [2.75, 3.05) is 11.9 Å². The van der Waals surface area contributed by atoms with E-state index < -0.39 is 0 Å². The van der Waals surface area contributed by atoms with E-state index in [4.69, 9.17) is 11.1 Å². The highest BCUT2D eigenvalue weighted by Crippen LogP contribution is 2.29. The molecule has 0 radical (unpaired) electrons. The van der Waals surface area contributed by atoms with Crippen LogP contribution in [0.1, 0.15) is 18.4 Å². The highest BCUT2D eigenvalue weighted by Gasteiger charge is 2.26. The number of nitrogens with one attached hydrogen (secondary N) is 1. The molecule has 1 fully saturated rings. The summed E-state index contributed by atoms with van der Waals surface area (Å²) < 4.78 is 0. The summed E-state index contributed by atoms with van der Waals surface area (Å²) in [5.74, 6) is 0.130. The van der Waals surface area contributed by atoms with Crippen LogP contribution in [0.15, 0.2) is 24.3 Å². The topological polar surface area (TPSA) is 53.1 Å². The highest BCUT2D eigenvalue weighted by atomic mass is 15.2. The Morgan fingerprint density at radius 3 is 2.36 bits per heavy atom. The fourth-order valence-electron chi connectivity index (χ4n) is 1.55. The molecule has 3 N–H and O–H groups in total. The molecule has 1 aliphatic rings. The van der Waals surface area contributed by atoms with E-state index in [1.165, 1.54) is 18.5 Å². The van der Waals surface area contributed by atoms with Gasteiger partial charge in [0.2, 0.25) is 0 Å². The van der Waals surface area contributed by atoms with E-state index in [2.05, 4.69) is 11.9 Å². The SMILES string of the molecule is CN(c1ccc(C(=N)N)cc1)C1CC1. The van der Waals surface area contributed by atoms with Crippen LogP contribution in [0.5, 0.6) is 0 Å². The minimum atomic E-state index is 0.130. The number of nitrogens with two attached hydrogens (primary N) is 1. The molecule has 14 heavy (non-hydrogen) atoms. The van der Waals surface area contributed by atoms with Gasteiger partial charge in [-0.25, -0.2) is 0 Å². The van der Waals surface area contributed by atoms with E-state index in [-0.39, 0.29) is 5.84 Å². The van der Waals surface area contributed by atoms with Crippen molar-refractivity contribution in [1.29, 1.82) is 5.41 Å². The summed E-state index contributed by atoms with van der Waals surface area (Å²) in [5, 5.41) is 7.27. The molecule has 3 heteroatoms. The Bertz CT molecular complexity index is 338. The zero-order valence-corrected chi connectivity index (χ0v) is 8.33. The maximum atomic E-state index is 7.27. The Kier molecular flexibility index (Phi) is 2.15. The molecule has 0 amide bonds. The van der Waals surface area contributed by atoms with Crippen LogP contribution in [0.4, 0.5) is 5.69 Å². The van der Waals surface area contributed by atoms with E-state index in [0.29, 0.717) is 0 Å². The third-order valence-electron chi connectivity index (χ3n) is 2.68. The molecule has 1 aromatic carbocycles. The molecule has 0 aromatic heterocycles. The lowest BCUT2D eigenvalue weighted by Crippen LogP contribution is -2.19. The van der Waals surface area contributed by atoms with Crippen LogP contribution in [0, 0.1) is 5.41 Å². The van der Waals surface area contributed by atoms with Gasteiger partial charge in [0.25, 0.3) is 0 Å². The fraction of sp³-hybridized carbons (Fsp3) is 0.364. The highest BCUT2D eigenvalue weighted by molar-refractivity contribution is 5.95. The molecule has 2 rings (SSSR count). The van der Waals surface area contributed by atoms with Gasteiger partial charge in [-0.05, 0) is 37.1 Å². The van der Waals surface area contributed by atoms with Crippen molar-refractivity contribution in [2.24, 2.45) is 5.73 Å². The Morgan fingerprint density at radius 1 is 1.36 bits per heavy atom. The lowest BCUT2D eigenvalue weighted by Gasteiger charge is -2.18. The number of rotatable bonds is 3. The molecule has 0 bridgehead atoms. The van der Waals surface area contributed by atoms with Crippen LogP contribution in [0.2, 0.25) is 0 Å². The quantitative estimate of drug-likeness (QED) is 0.560. The van der Waals surface area contributed by atoms with Gasteiger partial charge < -0.3 is 10.6 Å². The first-order chi connectivity index (χ1) is 6.68. The Labute approximate surface area is 84.0 Å². The summed E-state index contributed by atoms with van der Waals surface area (Å²) >= 11 is 0. The Balaban J connectivity index is 2.16. The van der Waals surface area contributed by atoms with Crippen molar-refractivity contribution in [3.05, 3.63) is 29.8 Å². The molecule has 0 unspecified atom stereocenters. The van der Waals surface area contributed by atoms with Crippen molar-refractivity contribution < 1.29 is 0 Å². The van der Waals surface area contributed by atoms with Crippen LogP contribution in [0.3, 0.4) is 0 Å². The lowest BCUT2D eigenvalue weighted by atomic mass is 10.2. The summed E-state index contributed by atoms with van der Waals surface area (Å²) in [5.41, 5.74) is 7.38. The number of nitrogens with zero attached hydrogens (tertiary/aromatic N) is 1. The first-order valence-electron chi connectivity index (χ1n) is 4.86. The fourth-order valence-corrected chi connectivity index (χ4v) is 1.55. The summed E-state index contributed by atoms with van der Waals surface area (Å²) in [6, 6.07) is 8.56. The summed E-state index contributed by atoms with van der Waals surface area (Å²) in [7, 11) is 2.11. The molecular formula is C11H15N3. The first kappa shape index (κ1) is 9.06. The second-order valence-electron chi connectivity index (χ2n) is 3.80. The van der Waals surface area contributed by atoms with Crippen molar-refractivity contribution in [3.8, 4) is 0 Å². The number of benzene rings is 1. The van der Waals surface area contributed by atoms with E-state index in [0.717, 1.165) is 11.6 Å². The van der Waals surface area contributed by atoms with E-state index in [9.17, 15) is 0 Å². The molecule has 0 spiro atoms. The standard InChI is InChI=1S/C11H15N3/c1-14(10-6-7-10)9-4-2-8(3-5-9)11(12)13/h2-5,10H,6-7H2,1H3,(H3,12,13). The Hall–Kier alpha value is -1.51. The van der Waals surface area contributed by atoms with Gasteiger partial charge >= 0.3 is 0 Å². The number of amidine groups is 1. The third-order valence-corrected chi connectivity index (χ3v) is 2.68. The third kappa shape index (κ3) is 1.71. The van der Waals surface area contributed by atoms with Gasteiger partial charge in [0.1, 0.15) is 5.84 Å². The molecule has 1 saturated carbocycles. The Morgan fingerprint density at radius 2 is 1.93 bits per heavy atom. The van der Waals surface area contributed by atoms with Gasteiger partial charge in [0.15, 0.2) is 0 Å². The van der Waals surface area contributed by atoms with Crippen LogP contribution < -0.4 is 10.6 Å². The van der Waals surface area contributed by atoms with E-state index in [1.807, 2.05) is 24.3 Å². The largest absolute Gasteiger partial charge is 0.384 e. The van der Waals surface area contributed by atoms with Crippen LogP contribution in [0.25, 0.3) is 0 Å². The summed E-state index contributed by atoms with van der Waals surface area (Å²) in [6.45, 7) is 0. The van der Waals surface area contributed by atoms with Crippen molar-refractivity contribution in [1.82, 2.24) is 0 Å². The van der Waals surface area contributed by atoms with Gasteiger partial charge in [-0.15, -0.1) is 0 Å². The van der Waals surface area contributed by atoms with Crippen molar-refractivity contribution in [3.63, 3.8) is 0 Å². The van der Waals surface area contributed by atoms with Crippen molar-refractivity contribution in [2.45, 2.75) is 18.9 Å². The summed E-state index contributed by atoms with van der Waals surface area (Å²) in [6.07, 6.45) is 2.59. The average molecular weight is 189 g/mol. The monoisotopic (exact) mass is 189 g/mol. The number of nitrogen functional groups attached to an aromatic ring is 1. The molecule has 1 aliphatic carbocycles. The number of hydrogen-bond donors (Lipinski definition) is 2. The van der Waals surface area contributed by atoms with E-state index >= 15 is 0 Å². The second kappa shape index (κ2) is 3.33. The molecule has 0 aliphatic heterocycles. The maximum absolute atomic E-state index is 7.27. The summed E-state index contributed by atoms with van der Waals surface area (Å²) in [4.78, 5) is 2.28. The van der Waals surface area contributed by atoms with Gasteiger partial charge in [0, 0.05) is 24.3 Å². The van der Waals surface area contributed by atoms with Gasteiger partial charge in [-0.1, -0.05) is 0 Å². The molecule has 3 nitrogen and oxygen atoms in total. The van der Waals surface area contributed by atoms with Crippen LogP contribution in [-0.4, -0.2) is 18.9 Å². The maximum Gasteiger partial charge on any atom is 0.122 e. The van der Waals surface area contributed by atoms with Gasteiger partial charge in [-0.2, -0.15) is 0 Å². The zero-order chi connectivity index (χ0) is 10.1. The van der Waals surface area contributed by atoms with Gasteiger partial charge in [-0.3, -0.25) is 5.41 Å². The smallest absolute Gasteiger partial charge is 0.122 e. The average Bonchev–Trinajstić information content (AvgIpc) is 3.00. The molecular weight excluding hydrogens is 174 g/mol. The molecule has 0 heterocycles. The molecule has 0 atom stereocenters. The predicted octanol–water partition coefficient (Wildman–Crippen LogP) is 1.57. The van der Waals surface area contributed by atoms with Gasteiger partial charge in [0.05, 0.1) is 0 Å². The second-order valence-corrected chi connectivity index (χ2v) is 3.80. The number of anilines is 1. The molecule has 1 aromatic rings.